The highest BCUT2D eigenvalue weighted by molar-refractivity contribution is 5.84. The summed E-state index contributed by atoms with van der Waals surface area (Å²) < 4.78 is 10.9. The van der Waals surface area contributed by atoms with Crippen LogP contribution in [0.5, 0.6) is 0 Å². The molecule has 5 aliphatic carbocycles. The number of allylic oxidation sites excluding steroid dienone is 3. The van der Waals surface area contributed by atoms with E-state index in [1.54, 1.807) is 19.1 Å². The van der Waals surface area contributed by atoms with E-state index in [0.717, 1.165) is 32.1 Å². The lowest BCUT2D eigenvalue weighted by molar-refractivity contribution is -0.225. The molecular weight excluding hydrogens is 657 g/mol. The summed E-state index contributed by atoms with van der Waals surface area (Å²) in [5.41, 5.74) is 5.25. The zero-order valence-corrected chi connectivity index (χ0v) is 35.3. The van der Waals surface area contributed by atoms with Crippen molar-refractivity contribution in [1.82, 2.24) is 10.2 Å². The number of rotatable bonds is 9. The number of nitrogens with one attached hydrogen (secondary N) is 1. The summed E-state index contributed by atoms with van der Waals surface area (Å²) in [6.07, 6.45) is 13.3. The maximum Gasteiger partial charge on any atom is 0.410 e. The van der Waals surface area contributed by atoms with Crippen molar-refractivity contribution < 1.29 is 19.1 Å². The molecule has 0 spiro atoms. The van der Waals surface area contributed by atoms with Gasteiger partial charge in [0.1, 0.15) is 5.60 Å². The van der Waals surface area contributed by atoms with Gasteiger partial charge in [-0.2, -0.15) is 0 Å². The fraction of sp³-hybridized carbons (Fsp3) is 0.745. The largest absolute Gasteiger partial charge is 0.444 e. The number of amides is 2. The Morgan fingerprint density at radius 2 is 1.62 bits per heavy atom. The minimum Gasteiger partial charge on any atom is -0.444 e. The fourth-order valence-corrected chi connectivity index (χ4v) is 13.7. The Balaban J connectivity index is 1.22. The molecule has 0 aromatic heterocycles. The topological polar surface area (TPSA) is 67.9 Å². The number of hydrogen-bond donors (Lipinski definition) is 1. The van der Waals surface area contributed by atoms with E-state index < -0.39 is 5.60 Å². The number of carbonyl (C=O) groups excluding carboxylic acids is 2. The van der Waals surface area contributed by atoms with Crippen LogP contribution in [0.15, 0.2) is 42.5 Å². The van der Waals surface area contributed by atoms with Crippen LogP contribution in [0.4, 0.5) is 4.79 Å². The summed E-state index contributed by atoms with van der Waals surface area (Å²) in [7, 11) is 3.54. The highest BCUT2D eigenvalue weighted by Crippen LogP contribution is 2.77. The summed E-state index contributed by atoms with van der Waals surface area (Å²) in [5.74, 6) is 2.78. The number of nitrogens with zero attached hydrogens (tertiary/aromatic N) is 1. The first-order chi connectivity index (χ1) is 24.7. The van der Waals surface area contributed by atoms with Gasteiger partial charge in [-0.3, -0.25) is 4.79 Å². The zero-order chi connectivity index (χ0) is 38.8. The van der Waals surface area contributed by atoms with Gasteiger partial charge in [-0.15, -0.1) is 0 Å². The van der Waals surface area contributed by atoms with E-state index in [9.17, 15) is 9.59 Å². The standard InChI is InChI=1S/C47H72N2O4/c1-31(2)34-20-25-47(40(50)48-28-13-29-49(11)41(51)53-42(3,4)5)27-26-45(9)36(39(34)47)18-19-38-44(8)23-21-35(33-16-14-32(15-17-33)30-52-12)43(6,7)37(44)22-24-46(38,45)10/h14-17,21,34,36-39H,1,13,18-20,22-30H2,2-12H3,(H,48,50). The summed E-state index contributed by atoms with van der Waals surface area (Å²) >= 11 is 0. The molecule has 6 nitrogen and oxygen atoms in total. The van der Waals surface area contributed by atoms with E-state index in [0.29, 0.717) is 55.7 Å². The van der Waals surface area contributed by atoms with Crippen LogP contribution in [0.1, 0.15) is 138 Å². The Morgan fingerprint density at radius 3 is 2.26 bits per heavy atom. The third kappa shape index (κ3) is 6.63. The van der Waals surface area contributed by atoms with Crippen LogP contribution < -0.4 is 5.32 Å². The number of fused-ring (bicyclic) bond motifs is 7. The summed E-state index contributed by atoms with van der Waals surface area (Å²) in [4.78, 5) is 28.7. The van der Waals surface area contributed by atoms with E-state index in [1.165, 1.54) is 48.0 Å². The van der Waals surface area contributed by atoms with Gasteiger partial charge in [0.15, 0.2) is 0 Å². The minimum atomic E-state index is -0.524. The number of ether oxygens (including phenoxy) is 2. The molecule has 1 N–H and O–H groups in total. The summed E-state index contributed by atoms with van der Waals surface area (Å²) in [6.45, 7) is 27.3. The van der Waals surface area contributed by atoms with Crippen LogP contribution in [0.25, 0.3) is 5.57 Å². The molecule has 0 radical (unpaired) electrons. The lowest BCUT2D eigenvalue weighted by atomic mass is 9.32. The van der Waals surface area contributed by atoms with Crippen molar-refractivity contribution in [3.63, 3.8) is 0 Å². The number of carbonyl (C=O) groups is 2. The van der Waals surface area contributed by atoms with Crippen LogP contribution >= 0.6 is 0 Å². The van der Waals surface area contributed by atoms with Crippen molar-refractivity contribution in [3.8, 4) is 0 Å². The van der Waals surface area contributed by atoms with E-state index >= 15 is 0 Å². The SMILES string of the molecule is C=C(C)C1CCC2(C(=O)NCCCN(C)C(=O)OC(C)(C)C)CCC3(C)C(CCC4C5(C)CC=C(c6ccc(COC)cc6)C(C)(C)C5CCC43C)C12. The molecule has 0 aliphatic heterocycles. The lowest BCUT2D eigenvalue weighted by Gasteiger charge is -2.72. The molecule has 294 valence electrons. The van der Waals surface area contributed by atoms with Crippen molar-refractivity contribution in [2.75, 3.05) is 27.2 Å². The summed E-state index contributed by atoms with van der Waals surface area (Å²) in [5, 5.41) is 3.41. The van der Waals surface area contributed by atoms with Gasteiger partial charge in [0.05, 0.1) is 12.0 Å². The van der Waals surface area contributed by atoms with Crippen LogP contribution in [-0.2, 0) is 20.9 Å². The van der Waals surface area contributed by atoms with Gasteiger partial charge in [0, 0.05) is 27.2 Å². The first-order valence-corrected chi connectivity index (χ1v) is 20.9. The smallest absolute Gasteiger partial charge is 0.410 e. The molecule has 6 rings (SSSR count). The van der Waals surface area contributed by atoms with Crippen molar-refractivity contribution in [3.05, 3.63) is 53.6 Å². The second-order valence-electron chi connectivity index (χ2n) is 20.5. The maximum atomic E-state index is 14.5. The third-order valence-electron chi connectivity index (χ3n) is 16.3. The second kappa shape index (κ2) is 14.2. The predicted octanol–water partition coefficient (Wildman–Crippen LogP) is 10.9. The minimum absolute atomic E-state index is 0.0902. The molecule has 9 atom stereocenters. The van der Waals surface area contributed by atoms with Gasteiger partial charge in [-0.25, -0.2) is 4.79 Å². The Kier molecular flexibility index (Phi) is 10.7. The third-order valence-corrected chi connectivity index (χ3v) is 16.3. The molecular formula is C47H72N2O4. The van der Waals surface area contributed by atoms with Crippen LogP contribution in [-0.4, -0.2) is 49.7 Å². The maximum absolute atomic E-state index is 14.5. The fourth-order valence-electron chi connectivity index (χ4n) is 13.7. The van der Waals surface area contributed by atoms with E-state index in [-0.39, 0.29) is 39.1 Å². The molecule has 6 heteroatoms. The van der Waals surface area contributed by atoms with Gasteiger partial charge in [0.25, 0.3) is 0 Å². The Bertz CT molecular complexity index is 1590. The average molecular weight is 729 g/mol. The van der Waals surface area contributed by atoms with Gasteiger partial charge in [-0.05, 0) is 160 Å². The van der Waals surface area contributed by atoms with Gasteiger partial charge in [0.2, 0.25) is 5.91 Å². The Morgan fingerprint density at radius 1 is 0.925 bits per heavy atom. The molecule has 1 aromatic rings. The van der Waals surface area contributed by atoms with E-state index in [4.69, 9.17) is 9.47 Å². The summed E-state index contributed by atoms with van der Waals surface area (Å²) in [6, 6.07) is 9.10. The molecule has 4 fully saturated rings. The van der Waals surface area contributed by atoms with Gasteiger partial charge >= 0.3 is 6.09 Å². The molecule has 9 unspecified atom stereocenters. The van der Waals surface area contributed by atoms with Crippen LogP contribution in [0, 0.1) is 56.7 Å². The normalized spacial score (nSPS) is 37.3. The molecule has 5 aliphatic rings. The quantitative estimate of drug-likeness (QED) is 0.203. The first kappa shape index (κ1) is 40.1. The monoisotopic (exact) mass is 729 g/mol. The zero-order valence-electron chi connectivity index (χ0n) is 35.3. The van der Waals surface area contributed by atoms with Crippen molar-refractivity contribution in [2.24, 2.45) is 56.7 Å². The molecule has 53 heavy (non-hydrogen) atoms. The lowest BCUT2D eigenvalue weighted by Crippen LogP contribution is -2.66. The highest BCUT2D eigenvalue weighted by Gasteiger charge is 2.71. The highest BCUT2D eigenvalue weighted by atomic mass is 16.6. The van der Waals surface area contributed by atoms with Crippen molar-refractivity contribution >= 4 is 17.6 Å². The number of benzene rings is 1. The van der Waals surface area contributed by atoms with E-state index in [2.05, 4.69) is 83.8 Å². The molecule has 0 saturated heterocycles. The number of methoxy groups -OCH3 is 1. The second-order valence-corrected chi connectivity index (χ2v) is 20.5. The Labute approximate surface area is 322 Å². The van der Waals surface area contributed by atoms with Gasteiger partial charge in [-0.1, -0.05) is 77.1 Å². The number of hydrogen-bond acceptors (Lipinski definition) is 4. The van der Waals surface area contributed by atoms with Crippen LogP contribution in [0.3, 0.4) is 0 Å². The molecule has 0 heterocycles. The molecule has 2 amide bonds. The average Bonchev–Trinajstić information content (AvgIpc) is 3.48. The van der Waals surface area contributed by atoms with Crippen molar-refractivity contribution in [1.29, 1.82) is 0 Å². The predicted molar refractivity (Wildman–Crippen MR) is 216 cm³/mol. The van der Waals surface area contributed by atoms with Gasteiger partial charge < -0.3 is 19.7 Å². The molecule has 4 saturated carbocycles. The Hall–Kier alpha value is -2.60. The molecule has 0 bridgehead atoms. The first-order valence-electron chi connectivity index (χ1n) is 20.9. The van der Waals surface area contributed by atoms with E-state index in [1.807, 2.05) is 20.8 Å². The van der Waals surface area contributed by atoms with Crippen LogP contribution in [0.2, 0.25) is 0 Å². The van der Waals surface area contributed by atoms with Crippen molar-refractivity contribution in [2.45, 2.75) is 139 Å². The molecule has 1 aromatic carbocycles.